The quantitative estimate of drug-likeness (QED) is 0.353. The van der Waals surface area contributed by atoms with Crippen molar-refractivity contribution in [3.63, 3.8) is 0 Å². The summed E-state index contributed by atoms with van der Waals surface area (Å²) in [5.41, 5.74) is 8.85. The van der Waals surface area contributed by atoms with E-state index in [-0.39, 0.29) is 16.2 Å². The first-order valence-corrected chi connectivity index (χ1v) is 7.85. The summed E-state index contributed by atoms with van der Waals surface area (Å²) in [7, 11) is -2.33. The van der Waals surface area contributed by atoms with E-state index in [1.807, 2.05) is 0 Å². The van der Waals surface area contributed by atoms with Crippen LogP contribution in [0.2, 0.25) is 0 Å². The van der Waals surface area contributed by atoms with Crippen LogP contribution in [0.3, 0.4) is 0 Å². The highest BCUT2D eigenvalue weighted by Gasteiger charge is 2.28. The standard InChI is InChI=1S/C13H15N3O4S/c1-20-13(17)12(15-14)10-4-6-11(7-5-10)21(18,19)16-8-2-3-9-16/h4-7H,2-3,8-9H2,1H3. The van der Waals surface area contributed by atoms with Gasteiger partial charge in [0.25, 0.3) is 0 Å². The van der Waals surface area contributed by atoms with Gasteiger partial charge in [0.15, 0.2) is 0 Å². The highest BCUT2D eigenvalue weighted by atomic mass is 32.2. The van der Waals surface area contributed by atoms with Crippen molar-refractivity contribution in [2.24, 2.45) is 0 Å². The highest BCUT2D eigenvalue weighted by molar-refractivity contribution is 7.89. The molecule has 1 heterocycles. The lowest BCUT2D eigenvalue weighted by Crippen LogP contribution is -2.28. The minimum Gasteiger partial charge on any atom is -0.460 e. The molecule has 0 N–H and O–H groups in total. The summed E-state index contributed by atoms with van der Waals surface area (Å²) in [6.07, 6.45) is 1.72. The second-order valence-corrected chi connectivity index (χ2v) is 6.51. The van der Waals surface area contributed by atoms with E-state index in [1.54, 1.807) is 0 Å². The van der Waals surface area contributed by atoms with Crippen LogP contribution in [0.1, 0.15) is 18.4 Å². The van der Waals surface area contributed by atoms with Crippen molar-refractivity contribution < 1.29 is 22.7 Å². The first-order valence-electron chi connectivity index (χ1n) is 6.41. The zero-order valence-electron chi connectivity index (χ0n) is 11.5. The Balaban J connectivity index is 2.31. The molecular weight excluding hydrogens is 294 g/mol. The molecule has 2 rings (SSSR count). The molecule has 0 unspecified atom stereocenters. The lowest BCUT2D eigenvalue weighted by atomic mass is 10.1. The number of benzene rings is 1. The van der Waals surface area contributed by atoms with Gasteiger partial charge in [0.05, 0.1) is 17.6 Å². The molecule has 8 heteroatoms. The van der Waals surface area contributed by atoms with Gasteiger partial charge in [-0.1, -0.05) is 0 Å². The van der Waals surface area contributed by atoms with Gasteiger partial charge in [-0.25, -0.2) is 13.2 Å². The van der Waals surface area contributed by atoms with Gasteiger partial charge >= 0.3 is 11.7 Å². The number of esters is 1. The summed E-state index contributed by atoms with van der Waals surface area (Å²) in [5, 5.41) is 0. The summed E-state index contributed by atoms with van der Waals surface area (Å²) in [5.74, 6) is -0.798. The van der Waals surface area contributed by atoms with Crippen LogP contribution < -0.4 is 0 Å². The monoisotopic (exact) mass is 309 g/mol. The number of carbonyl (C=O) groups excluding carboxylic acids is 1. The van der Waals surface area contributed by atoms with Crippen molar-refractivity contribution in [3.05, 3.63) is 35.4 Å². The third kappa shape index (κ3) is 3.02. The van der Waals surface area contributed by atoms with Crippen molar-refractivity contribution in [3.8, 4) is 0 Å². The van der Waals surface area contributed by atoms with Crippen LogP contribution in [0.4, 0.5) is 0 Å². The topological polar surface area (TPSA) is 100 Å². The molecule has 21 heavy (non-hydrogen) atoms. The largest absolute Gasteiger partial charge is 0.460 e. The summed E-state index contributed by atoms with van der Waals surface area (Å²) < 4.78 is 30.6. The third-order valence-corrected chi connectivity index (χ3v) is 5.22. The predicted molar refractivity (Wildman–Crippen MR) is 74.2 cm³/mol. The number of sulfonamides is 1. The highest BCUT2D eigenvalue weighted by Crippen LogP contribution is 2.21. The van der Waals surface area contributed by atoms with E-state index in [1.165, 1.54) is 35.7 Å². The lowest BCUT2D eigenvalue weighted by Gasteiger charge is -2.15. The van der Waals surface area contributed by atoms with Crippen molar-refractivity contribution >= 4 is 21.7 Å². The van der Waals surface area contributed by atoms with Gasteiger partial charge in [0, 0.05) is 13.1 Å². The van der Waals surface area contributed by atoms with Gasteiger partial charge in [-0.05, 0) is 37.1 Å². The van der Waals surface area contributed by atoms with Crippen LogP contribution >= 0.6 is 0 Å². The summed E-state index contributed by atoms with van der Waals surface area (Å²) in [4.78, 5) is 14.4. The van der Waals surface area contributed by atoms with Gasteiger partial charge in [-0.15, -0.1) is 0 Å². The molecule has 0 radical (unpaired) electrons. The van der Waals surface area contributed by atoms with E-state index >= 15 is 0 Å². The predicted octanol–water partition coefficient (Wildman–Crippen LogP) is 0.663. The average molecular weight is 309 g/mol. The fourth-order valence-electron chi connectivity index (χ4n) is 2.18. The SMILES string of the molecule is COC(=O)C(=[N+]=[N-])c1ccc(S(=O)(=O)N2CCCC2)cc1. The molecule has 0 aliphatic carbocycles. The first kappa shape index (κ1) is 15.4. The molecule has 0 saturated carbocycles. The van der Waals surface area contributed by atoms with E-state index in [0.29, 0.717) is 13.1 Å². The molecule has 0 spiro atoms. The summed E-state index contributed by atoms with van der Waals surface area (Å²) >= 11 is 0. The van der Waals surface area contributed by atoms with Crippen LogP contribution in [0.5, 0.6) is 0 Å². The van der Waals surface area contributed by atoms with Gasteiger partial charge in [-0.2, -0.15) is 9.10 Å². The number of hydrogen-bond acceptors (Lipinski definition) is 4. The molecule has 7 nitrogen and oxygen atoms in total. The van der Waals surface area contributed by atoms with Gasteiger partial charge in [-0.3, -0.25) is 0 Å². The minimum absolute atomic E-state index is 0.148. The van der Waals surface area contributed by atoms with Crippen molar-refractivity contribution in [2.45, 2.75) is 17.7 Å². The molecule has 1 saturated heterocycles. The normalized spacial score (nSPS) is 15.5. The number of hydrogen-bond donors (Lipinski definition) is 0. The van der Waals surface area contributed by atoms with E-state index in [2.05, 4.69) is 9.53 Å². The number of nitrogens with zero attached hydrogens (tertiary/aromatic N) is 3. The lowest BCUT2D eigenvalue weighted by molar-refractivity contribution is -0.137. The Hall–Kier alpha value is -2.02. The molecule has 112 valence electrons. The van der Waals surface area contributed by atoms with Crippen molar-refractivity contribution in [2.75, 3.05) is 20.2 Å². The van der Waals surface area contributed by atoms with E-state index in [9.17, 15) is 13.2 Å². The molecule has 0 amide bonds. The summed E-state index contributed by atoms with van der Waals surface area (Å²) in [6, 6.07) is 5.60. The number of ether oxygens (including phenoxy) is 1. The van der Waals surface area contributed by atoms with Crippen LogP contribution in [0.15, 0.2) is 29.2 Å². The first-order chi connectivity index (χ1) is 10.0. The minimum atomic E-state index is -3.50. The van der Waals surface area contributed by atoms with E-state index < -0.39 is 16.0 Å². The Labute approximate surface area is 122 Å². The van der Waals surface area contributed by atoms with Crippen LogP contribution in [0.25, 0.3) is 5.53 Å². The second kappa shape index (κ2) is 6.17. The fourth-order valence-corrected chi connectivity index (χ4v) is 3.69. The van der Waals surface area contributed by atoms with Crippen LogP contribution in [-0.4, -0.2) is 49.4 Å². The Morgan fingerprint density at radius 3 is 2.29 bits per heavy atom. The number of rotatable bonds is 4. The molecule has 1 aliphatic rings. The molecule has 1 aromatic carbocycles. The zero-order valence-corrected chi connectivity index (χ0v) is 12.3. The van der Waals surface area contributed by atoms with Crippen molar-refractivity contribution in [1.82, 2.24) is 4.31 Å². The van der Waals surface area contributed by atoms with Gasteiger partial charge in [0.1, 0.15) is 0 Å². The smallest absolute Gasteiger partial charge is 0.422 e. The maximum absolute atomic E-state index is 12.3. The maximum Gasteiger partial charge on any atom is 0.422 e. The fraction of sp³-hybridized carbons (Fsp3) is 0.385. The Bertz CT molecular complexity index is 685. The van der Waals surface area contributed by atoms with Gasteiger partial charge < -0.3 is 10.3 Å². The molecule has 0 aromatic heterocycles. The molecule has 1 aliphatic heterocycles. The molecule has 1 aromatic rings. The third-order valence-electron chi connectivity index (χ3n) is 3.31. The number of carbonyl (C=O) groups is 1. The summed E-state index contributed by atoms with van der Waals surface area (Å²) in [6.45, 7) is 1.05. The second-order valence-electron chi connectivity index (χ2n) is 4.58. The molecule has 1 fully saturated rings. The molecule has 0 atom stereocenters. The van der Waals surface area contributed by atoms with E-state index in [4.69, 9.17) is 5.53 Å². The average Bonchev–Trinajstić information content (AvgIpc) is 3.03. The van der Waals surface area contributed by atoms with Crippen LogP contribution in [0, 0.1) is 0 Å². The Morgan fingerprint density at radius 1 is 1.24 bits per heavy atom. The molecule has 0 bridgehead atoms. The van der Waals surface area contributed by atoms with Gasteiger partial charge in [0.2, 0.25) is 10.0 Å². The van der Waals surface area contributed by atoms with E-state index in [0.717, 1.165) is 12.8 Å². The maximum atomic E-state index is 12.3. The van der Waals surface area contributed by atoms with Crippen LogP contribution in [-0.2, 0) is 19.6 Å². The molecular formula is C13H15N3O4S. The Kier molecular flexibility index (Phi) is 4.52. The Morgan fingerprint density at radius 2 is 1.81 bits per heavy atom. The van der Waals surface area contributed by atoms with Crippen molar-refractivity contribution in [1.29, 1.82) is 0 Å². The number of methoxy groups -OCH3 is 1. The zero-order chi connectivity index (χ0) is 15.5.